The molecule has 14 heavy (non-hydrogen) atoms. The van der Waals surface area contributed by atoms with E-state index >= 15 is 0 Å². The van der Waals surface area contributed by atoms with Crippen LogP contribution in [0.2, 0.25) is 5.02 Å². The lowest BCUT2D eigenvalue weighted by atomic mass is 10.1. The number of ketones is 1. The van der Waals surface area contributed by atoms with Gasteiger partial charge in [0.2, 0.25) is 0 Å². The van der Waals surface area contributed by atoms with E-state index in [1.165, 1.54) is 11.8 Å². The van der Waals surface area contributed by atoms with Crippen LogP contribution < -0.4 is 5.73 Å². The van der Waals surface area contributed by atoms with Crippen LogP contribution in [-0.4, -0.2) is 18.6 Å². The van der Waals surface area contributed by atoms with E-state index in [4.69, 9.17) is 17.3 Å². The monoisotopic (exact) mass is 229 g/mol. The van der Waals surface area contributed by atoms with Gasteiger partial charge in [-0.05, 0) is 24.9 Å². The zero-order valence-corrected chi connectivity index (χ0v) is 9.49. The SMILES string of the molecule is CSc1cccc(Cl)c1C(=O)CCN. The number of benzene rings is 1. The maximum atomic E-state index is 11.7. The average molecular weight is 230 g/mol. The lowest BCUT2D eigenvalue weighted by Gasteiger charge is -2.07. The fourth-order valence-corrected chi connectivity index (χ4v) is 2.18. The van der Waals surface area contributed by atoms with Gasteiger partial charge in [0.05, 0.1) is 5.02 Å². The van der Waals surface area contributed by atoms with Gasteiger partial charge in [-0.15, -0.1) is 11.8 Å². The van der Waals surface area contributed by atoms with Gasteiger partial charge >= 0.3 is 0 Å². The number of Topliss-reactive ketones (excluding diaryl/α,β-unsaturated/α-hetero) is 1. The zero-order valence-electron chi connectivity index (χ0n) is 7.92. The lowest BCUT2D eigenvalue weighted by Crippen LogP contribution is -2.09. The van der Waals surface area contributed by atoms with Crippen LogP contribution in [0.4, 0.5) is 0 Å². The van der Waals surface area contributed by atoms with Gasteiger partial charge in [0.1, 0.15) is 0 Å². The molecule has 0 bridgehead atoms. The van der Waals surface area contributed by atoms with Crippen LogP contribution >= 0.6 is 23.4 Å². The Morgan fingerprint density at radius 3 is 2.86 bits per heavy atom. The fourth-order valence-electron chi connectivity index (χ4n) is 1.20. The minimum absolute atomic E-state index is 0.0162. The van der Waals surface area contributed by atoms with Crippen molar-refractivity contribution in [3.05, 3.63) is 28.8 Å². The highest BCUT2D eigenvalue weighted by Gasteiger charge is 2.13. The zero-order chi connectivity index (χ0) is 10.6. The predicted octanol–water partition coefficient (Wildman–Crippen LogP) is 2.59. The Kier molecular flexibility index (Phi) is 4.45. The van der Waals surface area contributed by atoms with Crippen LogP contribution in [0.15, 0.2) is 23.1 Å². The summed E-state index contributed by atoms with van der Waals surface area (Å²) in [6.45, 7) is 0.359. The van der Waals surface area contributed by atoms with Crippen molar-refractivity contribution in [3.63, 3.8) is 0 Å². The number of halogens is 1. The second-order valence-corrected chi connectivity index (χ2v) is 4.03. The first kappa shape index (κ1) is 11.6. The smallest absolute Gasteiger partial charge is 0.166 e. The third-order valence-corrected chi connectivity index (χ3v) is 2.94. The van der Waals surface area contributed by atoms with Gasteiger partial charge in [-0.3, -0.25) is 4.79 Å². The molecule has 0 atom stereocenters. The molecule has 0 aliphatic rings. The van der Waals surface area contributed by atoms with Gasteiger partial charge in [-0.2, -0.15) is 0 Å². The van der Waals surface area contributed by atoms with Crippen LogP contribution in [0, 0.1) is 0 Å². The molecule has 4 heteroatoms. The Hall–Kier alpha value is -0.510. The van der Waals surface area contributed by atoms with E-state index in [2.05, 4.69) is 0 Å². The highest BCUT2D eigenvalue weighted by Crippen LogP contribution is 2.27. The van der Waals surface area contributed by atoms with Crippen LogP contribution in [-0.2, 0) is 0 Å². The molecule has 0 aliphatic carbocycles. The highest BCUT2D eigenvalue weighted by molar-refractivity contribution is 7.98. The largest absolute Gasteiger partial charge is 0.330 e. The van der Waals surface area contributed by atoms with Crippen molar-refractivity contribution < 1.29 is 4.79 Å². The summed E-state index contributed by atoms with van der Waals surface area (Å²) in [6, 6.07) is 5.46. The molecule has 0 fully saturated rings. The fraction of sp³-hybridized carbons (Fsp3) is 0.300. The number of carbonyl (C=O) groups is 1. The molecule has 76 valence electrons. The normalized spacial score (nSPS) is 10.2. The van der Waals surface area contributed by atoms with Crippen LogP contribution in [0.1, 0.15) is 16.8 Å². The van der Waals surface area contributed by atoms with Gasteiger partial charge in [-0.1, -0.05) is 17.7 Å². The van der Waals surface area contributed by atoms with E-state index < -0.39 is 0 Å². The summed E-state index contributed by atoms with van der Waals surface area (Å²) in [5.41, 5.74) is 5.94. The van der Waals surface area contributed by atoms with Crippen LogP contribution in [0.3, 0.4) is 0 Å². The molecular weight excluding hydrogens is 218 g/mol. The molecule has 0 aromatic heterocycles. The summed E-state index contributed by atoms with van der Waals surface area (Å²) in [4.78, 5) is 12.6. The van der Waals surface area contributed by atoms with Gasteiger partial charge in [0, 0.05) is 16.9 Å². The van der Waals surface area contributed by atoms with Crippen molar-refractivity contribution in [2.75, 3.05) is 12.8 Å². The van der Waals surface area contributed by atoms with Crippen molar-refractivity contribution in [2.45, 2.75) is 11.3 Å². The summed E-state index contributed by atoms with van der Waals surface area (Å²) in [6.07, 6.45) is 2.27. The van der Waals surface area contributed by atoms with Crippen molar-refractivity contribution in [1.29, 1.82) is 0 Å². The molecule has 2 N–H and O–H groups in total. The molecule has 0 radical (unpaired) electrons. The van der Waals surface area contributed by atoms with Gasteiger partial charge in [0.15, 0.2) is 5.78 Å². The third kappa shape index (κ3) is 2.50. The minimum atomic E-state index is 0.0162. The third-order valence-electron chi connectivity index (χ3n) is 1.85. The first-order chi connectivity index (χ1) is 6.70. The highest BCUT2D eigenvalue weighted by atomic mass is 35.5. The Labute approximate surface area is 92.8 Å². The molecule has 0 heterocycles. The average Bonchev–Trinajstić information content (AvgIpc) is 2.17. The summed E-state index contributed by atoms with van der Waals surface area (Å²) < 4.78 is 0. The topological polar surface area (TPSA) is 43.1 Å². The molecule has 0 amide bonds. The van der Waals surface area contributed by atoms with E-state index in [0.29, 0.717) is 23.6 Å². The number of carbonyl (C=O) groups excluding carboxylic acids is 1. The van der Waals surface area contributed by atoms with Crippen LogP contribution in [0.25, 0.3) is 0 Å². The molecule has 1 aromatic carbocycles. The molecule has 0 spiro atoms. The second-order valence-electron chi connectivity index (χ2n) is 2.78. The van der Waals surface area contributed by atoms with E-state index in [1.54, 1.807) is 6.07 Å². The first-order valence-corrected chi connectivity index (χ1v) is 5.86. The standard InChI is InChI=1S/C10H12ClNOS/c1-14-9-4-2-3-7(11)10(9)8(13)5-6-12/h2-4H,5-6,12H2,1H3. The molecule has 1 aromatic rings. The van der Waals surface area contributed by atoms with Crippen molar-refractivity contribution in [2.24, 2.45) is 5.73 Å². The Bertz CT molecular complexity index is 341. The summed E-state index contributed by atoms with van der Waals surface area (Å²) in [5.74, 6) is 0.0162. The van der Waals surface area contributed by atoms with E-state index in [9.17, 15) is 4.79 Å². The number of hydrogen-bond donors (Lipinski definition) is 1. The van der Waals surface area contributed by atoms with Crippen molar-refractivity contribution in [1.82, 2.24) is 0 Å². The number of nitrogens with two attached hydrogens (primary N) is 1. The van der Waals surface area contributed by atoms with E-state index in [-0.39, 0.29) is 5.78 Å². The number of thioether (sulfide) groups is 1. The molecule has 1 rings (SSSR count). The maximum absolute atomic E-state index is 11.7. The Balaban J connectivity index is 3.10. The maximum Gasteiger partial charge on any atom is 0.166 e. The molecule has 2 nitrogen and oxygen atoms in total. The summed E-state index contributed by atoms with van der Waals surface area (Å²) in [7, 11) is 0. The lowest BCUT2D eigenvalue weighted by molar-refractivity contribution is 0.0983. The number of rotatable bonds is 4. The van der Waals surface area contributed by atoms with Crippen molar-refractivity contribution >= 4 is 29.1 Å². The summed E-state index contributed by atoms with van der Waals surface area (Å²) >= 11 is 7.48. The Morgan fingerprint density at radius 2 is 2.29 bits per heavy atom. The quantitative estimate of drug-likeness (QED) is 0.638. The van der Waals surface area contributed by atoms with Crippen LogP contribution in [0.5, 0.6) is 0 Å². The van der Waals surface area contributed by atoms with Crippen molar-refractivity contribution in [3.8, 4) is 0 Å². The first-order valence-electron chi connectivity index (χ1n) is 4.26. The predicted molar refractivity (Wildman–Crippen MR) is 61.2 cm³/mol. The molecular formula is C10H12ClNOS. The van der Waals surface area contributed by atoms with Gasteiger partial charge < -0.3 is 5.73 Å². The molecule has 0 aliphatic heterocycles. The Morgan fingerprint density at radius 1 is 1.57 bits per heavy atom. The van der Waals surface area contributed by atoms with E-state index in [1.807, 2.05) is 18.4 Å². The molecule has 0 saturated carbocycles. The molecule has 0 saturated heterocycles. The number of hydrogen-bond acceptors (Lipinski definition) is 3. The second kappa shape index (κ2) is 5.39. The van der Waals surface area contributed by atoms with E-state index in [0.717, 1.165) is 4.90 Å². The summed E-state index contributed by atoms with van der Waals surface area (Å²) in [5, 5.41) is 0.510. The minimum Gasteiger partial charge on any atom is -0.330 e. The van der Waals surface area contributed by atoms with Gasteiger partial charge in [0.25, 0.3) is 0 Å². The molecule has 0 unspecified atom stereocenters. The van der Waals surface area contributed by atoms with Gasteiger partial charge in [-0.25, -0.2) is 0 Å².